The van der Waals surface area contributed by atoms with Crippen LogP contribution in [0, 0.1) is 5.41 Å². The Hall–Kier alpha value is -1.27. The van der Waals surface area contributed by atoms with Crippen molar-refractivity contribution in [3.8, 4) is 0 Å². The van der Waals surface area contributed by atoms with Gasteiger partial charge in [0.15, 0.2) is 9.84 Å². The lowest BCUT2D eigenvalue weighted by Gasteiger charge is -2.22. The number of amidine groups is 1. The zero-order chi connectivity index (χ0) is 14.0. The smallest absolute Gasteiger partial charge is 0.152 e. The first-order chi connectivity index (χ1) is 8.89. The van der Waals surface area contributed by atoms with Crippen LogP contribution in [0.1, 0.15) is 12.0 Å². The minimum atomic E-state index is -2.92. The van der Waals surface area contributed by atoms with Gasteiger partial charge in [0.25, 0.3) is 0 Å². The lowest BCUT2D eigenvalue weighted by atomic mass is 10.1. The van der Waals surface area contributed by atoms with E-state index in [0.29, 0.717) is 30.1 Å². The third-order valence-electron chi connectivity index (χ3n) is 3.16. The van der Waals surface area contributed by atoms with Crippen LogP contribution in [0.25, 0.3) is 0 Å². The van der Waals surface area contributed by atoms with Crippen molar-refractivity contribution in [3.63, 3.8) is 0 Å². The van der Waals surface area contributed by atoms with E-state index in [2.05, 4.69) is 0 Å². The van der Waals surface area contributed by atoms with E-state index >= 15 is 0 Å². The molecule has 3 N–H and O–H groups in total. The highest BCUT2D eigenvalue weighted by atomic mass is 35.5. The molecule has 0 unspecified atom stereocenters. The molecular formula is C12H16ClN3O2S. The van der Waals surface area contributed by atoms with Crippen LogP contribution >= 0.6 is 11.6 Å². The first-order valence-corrected chi connectivity index (χ1v) is 8.18. The summed E-state index contributed by atoms with van der Waals surface area (Å²) in [7, 11) is -2.92. The fourth-order valence-corrected chi connectivity index (χ4v) is 3.66. The lowest BCUT2D eigenvalue weighted by Crippen LogP contribution is -2.26. The highest BCUT2D eigenvalue weighted by Crippen LogP contribution is 2.24. The van der Waals surface area contributed by atoms with Crippen molar-refractivity contribution >= 4 is 33.0 Å². The second-order valence-corrected chi connectivity index (χ2v) is 7.28. The van der Waals surface area contributed by atoms with Gasteiger partial charge in [-0.05, 0) is 24.6 Å². The lowest BCUT2D eigenvalue weighted by molar-refractivity contribution is 0.597. The molecule has 1 saturated heterocycles. The zero-order valence-corrected chi connectivity index (χ0v) is 12.0. The predicted molar refractivity (Wildman–Crippen MR) is 78.0 cm³/mol. The van der Waals surface area contributed by atoms with Gasteiger partial charge in [0, 0.05) is 24.3 Å². The van der Waals surface area contributed by atoms with E-state index in [4.69, 9.17) is 22.7 Å². The summed E-state index contributed by atoms with van der Waals surface area (Å²) in [5, 5.41) is 7.79. The van der Waals surface area contributed by atoms with Crippen molar-refractivity contribution < 1.29 is 8.42 Å². The first kappa shape index (κ1) is 14.1. The number of benzene rings is 1. The minimum absolute atomic E-state index is 0.0741. The Labute approximate surface area is 117 Å². The Balaban J connectivity index is 2.23. The minimum Gasteiger partial charge on any atom is -0.384 e. The Morgan fingerprint density at radius 2 is 2.05 bits per heavy atom. The highest BCUT2D eigenvalue weighted by molar-refractivity contribution is 7.91. The molecule has 104 valence electrons. The molecule has 5 nitrogen and oxygen atoms in total. The van der Waals surface area contributed by atoms with E-state index in [1.54, 1.807) is 12.1 Å². The number of nitrogens with one attached hydrogen (secondary N) is 1. The number of nitrogens with two attached hydrogens (primary N) is 1. The molecule has 0 bridgehead atoms. The summed E-state index contributed by atoms with van der Waals surface area (Å²) in [4.78, 5) is 2.00. The van der Waals surface area contributed by atoms with Gasteiger partial charge < -0.3 is 10.6 Å². The SMILES string of the molecule is N=C(N)c1ccc(N2CCCS(=O)(=O)CC2)cc1Cl. The average molecular weight is 302 g/mol. The normalized spacial score (nSPS) is 18.9. The second-order valence-electron chi connectivity index (χ2n) is 4.57. The third-order valence-corrected chi connectivity index (χ3v) is 5.19. The van der Waals surface area contributed by atoms with Crippen molar-refractivity contribution in [2.75, 3.05) is 29.5 Å². The summed E-state index contributed by atoms with van der Waals surface area (Å²) in [5.41, 5.74) is 6.77. The number of hydrogen-bond acceptors (Lipinski definition) is 4. The molecule has 1 aliphatic rings. The molecule has 0 radical (unpaired) electrons. The third kappa shape index (κ3) is 3.39. The van der Waals surface area contributed by atoms with Gasteiger partial charge >= 0.3 is 0 Å². The van der Waals surface area contributed by atoms with Gasteiger partial charge in [-0.3, -0.25) is 5.41 Å². The fourth-order valence-electron chi connectivity index (χ4n) is 2.12. The second kappa shape index (κ2) is 5.38. The molecule has 0 aliphatic carbocycles. The van der Waals surface area contributed by atoms with Crippen LogP contribution in [0.4, 0.5) is 5.69 Å². The van der Waals surface area contributed by atoms with Gasteiger partial charge in [0.05, 0.1) is 16.5 Å². The topological polar surface area (TPSA) is 87.2 Å². The maximum Gasteiger partial charge on any atom is 0.152 e. The van der Waals surface area contributed by atoms with Gasteiger partial charge in [-0.25, -0.2) is 8.42 Å². The Bertz CT molecular complexity index is 601. The van der Waals surface area contributed by atoms with E-state index in [1.165, 1.54) is 0 Å². The summed E-state index contributed by atoms with van der Waals surface area (Å²) >= 11 is 6.07. The predicted octanol–water partition coefficient (Wildman–Crippen LogP) is 1.25. The Morgan fingerprint density at radius 1 is 1.32 bits per heavy atom. The first-order valence-electron chi connectivity index (χ1n) is 5.98. The fraction of sp³-hybridized carbons (Fsp3) is 0.417. The van der Waals surface area contributed by atoms with Crippen molar-refractivity contribution in [3.05, 3.63) is 28.8 Å². The van der Waals surface area contributed by atoms with Gasteiger partial charge in [-0.2, -0.15) is 0 Å². The number of anilines is 1. The molecule has 1 heterocycles. The highest BCUT2D eigenvalue weighted by Gasteiger charge is 2.19. The van der Waals surface area contributed by atoms with Crippen molar-refractivity contribution in [1.29, 1.82) is 5.41 Å². The largest absolute Gasteiger partial charge is 0.384 e. The van der Waals surface area contributed by atoms with Crippen molar-refractivity contribution in [2.45, 2.75) is 6.42 Å². The number of nitrogens with zero attached hydrogens (tertiary/aromatic N) is 1. The summed E-state index contributed by atoms with van der Waals surface area (Å²) in [6, 6.07) is 5.25. The van der Waals surface area contributed by atoms with Crippen LogP contribution in [0.3, 0.4) is 0 Å². The molecule has 0 atom stereocenters. The van der Waals surface area contributed by atoms with E-state index < -0.39 is 9.84 Å². The van der Waals surface area contributed by atoms with Gasteiger partial charge in [-0.1, -0.05) is 11.6 Å². The monoisotopic (exact) mass is 301 g/mol. The van der Waals surface area contributed by atoms with E-state index in [-0.39, 0.29) is 17.3 Å². The summed E-state index contributed by atoms with van der Waals surface area (Å²) in [5.74, 6) is 0.331. The van der Waals surface area contributed by atoms with E-state index in [0.717, 1.165) is 5.69 Å². The van der Waals surface area contributed by atoms with Crippen molar-refractivity contribution in [1.82, 2.24) is 0 Å². The van der Waals surface area contributed by atoms with Crippen molar-refractivity contribution in [2.24, 2.45) is 5.73 Å². The van der Waals surface area contributed by atoms with Crippen LogP contribution in [0.15, 0.2) is 18.2 Å². The average Bonchev–Trinajstić information content (AvgIpc) is 2.49. The molecule has 1 aromatic carbocycles. The quantitative estimate of drug-likeness (QED) is 0.636. The molecule has 1 fully saturated rings. The summed E-state index contributed by atoms with van der Waals surface area (Å²) in [6.07, 6.45) is 0.619. The molecule has 19 heavy (non-hydrogen) atoms. The number of halogens is 1. The molecule has 0 amide bonds. The summed E-state index contributed by atoms with van der Waals surface area (Å²) < 4.78 is 23.1. The zero-order valence-electron chi connectivity index (χ0n) is 10.4. The standard InChI is InChI=1S/C12H16ClN3O2S/c13-11-8-9(2-3-10(11)12(14)15)16-4-1-6-19(17,18)7-5-16/h2-3,8H,1,4-7H2,(H3,14,15). The van der Waals surface area contributed by atoms with E-state index in [1.807, 2.05) is 11.0 Å². The summed E-state index contributed by atoms with van der Waals surface area (Å²) in [6.45, 7) is 1.16. The van der Waals surface area contributed by atoms with Crippen LogP contribution in [0.2, 0.25) is 5.02 Å². The number of hydrogen-bond donors (Lipinski definition) is 2. The Morgan fingerprint density at radius 3 is 2.68 bits per heavy atom. The molecule has 2 rings (SSSR count). The van der Waals surface area contributed by atoms with Gasteiger partial charge in [0.2, 0.25) is 0 Å². The van der Waals surface area contributed by atoms with Gasteiger partial charge in [0.1, 0.15) is 5.84 Å². The van der Waals surface area contributed by atoms with Crippen LogP contribution in [-0.4, -0.2) is 38.8 Å². The molecule has 7 heteroatoms. The molecule has 0 saturated carbocycles. The van der Waals surface area contributed by atoms with Crippen LogP contribution in [0.5, 0.6) is 0 Å². The number of sulfone groups is 1. The maximum absolute atomic E-state index is 11.6. The maximum atomic E-state index is 11.6. The molecule has 1 aromatic rings. The number of rotatable bonds is 2. The van der Waals surface area contributed by atoms with Crippen LogP contribution < -0.4 is 10.6 Å². The molecule has 0 spiro atoms. The number of nitrogen functional groups attached to an aromatic ring is 1. The van der Waals surface area contributed by atoms with Crippen LogP contribution in [-0.2, 0) is 9.84 Å². The van der Waals surface area contributed by atoms with Gasteiger partial charge in [-0.15, -0.1) is 0 Å². The Kier molecular flexibility index (Phi) is 4.01. The molecule has 1 aliphatic heterocycles. The molecular weight excluding hydrogens is 286 g/mol. The van der Waals surface area contributed by atoms with E-state index in [9.17, 15) is 8.42 Å². The molecule has 0 aromatic heterocycles.